The van der Waals surface area contributed by atoms with Crippen LogP contribution < -0.4 is 15.8 Å². The Morgan fingerprint density at radius 1 is 0.500 bits per heavy atom. The van der Waals surface area contributed by atoms with Crippen LogP contribution in [-0.2, 0) is 0 Å². The van der Waals surface area contributed by atoms with Crippen LogP contribution in [0, 0.1) is 59.8 Å². The summed E-state index contributed by atoms with van der Waals surface area (Å²) < 4.78 is 2.67. The van der Waals surface area contributed by atoms with Gasteiger partial charge in [-0.1, -0.05) is 90.0 Å². The second kappa shape index (κ2) is 13.2. The first-order valence-electron chi connectivity index (χ1n) is 21.0. The number of aryl methyl sites for hydroxylation is 6. The van der Waals surface area contributed by atoms with Crippen molar-refractivity contribution in [3.63, 3.8) is 0 Å². The largest absolute Gasteiger partial charge is 0.375 e. The van der Waals surface area contributed by atoms with Gasteiger partial charge < -0.3 is 9.38 Å². The number of hydrogen-bond acceptors (Lipinski definition) is 2. The zero-order valence-electron chi connectivity index (χ0n) is 35.2. The van der Waals surface area contributed by atoms with Gasteiger partial charge in [-0.2, -0.15) is 5.26 Å². The summed E-state index contributed by atoms with van der Waals surface area (Å²) in [4.78, 5) is 2.48. The molecule has 2 aliphatic heterocycles. The van der Waals surface area contributed by atoms with Crippen molar-refractivity contribution in [2.24, 2.45) is 0 Å². The highest BCUT2D eigenvalue weighted by Crippen LogP contribution is 2.50. The number of hydrogen-bond donors (Lipinski definition) is 0. The molecule has 4 heteroatoms. The molecule has 0 aliphatic carbocycles. The summed E-state index contributed by atoms with van der Waals surface area (Å²) in [6, 6.07) is 54.2. The van der Waals surface area contributed by atoms with E-state index in [2.05, 4.69) is 191 Å². The number of benzene rings is 8. The quantitative estimate of drug-likeness (QED) is 0.167. The average Bonchev–Trinajstić information content (AvgIpc) is 3.56. The molecule has 2 aliphatic rings. The minimum absolute atomic E-state index is 0.0604. The third kappa shape index (κ3) is 5.15. The Morgan fingerprint density at radius 2 is 1.10 bits per heavy atom. The SMILES string of the molecule is Cc1cc(C)c(-c2ccc3c(c2)c2cc(-c4c(C)cc(C)cc4C)cc4c2n3B2c3ccccc3N(c3ccccc3)c3cc(-c5ccc(C#N)cc5)c(C)c-4c32)c(C)c1. The van der Waals surface area contributed by atoms with E-state index in [4.69, 9.17) is 0 Å². The van der Waals surface area contributed by atoms with Crippen molar-refractivity contribution >= 4 is 56.6 Å². The summed E-state index contributed by atoms with van der Waals surface area (Å²) in [6.07, 6.45) is 0. The second-order valence-electron chi connectivity index (χ2n) is 17.2. The van der Waals surface area contributed by atoms with Crippen molar-refractivity contribution in [1.29, 1.82) is 5.26 Å². The summed E-state index contributed by atoms with van der Waals surface area (Å²) in [5.41, 5.74) is 28.2. The minimum atomic E-state index is -0.0604. The first kappa shape index (κ1) is 36.0. The van der Waals surface area contributed by atoms with Gasteiger partial charge in [0.1, 0.15) is 0 Å². The zero-order valence-corrected chi connectivity index (χ0v) is 35.2. The molecule has 0 amide bonds. The first-order valence-corrected chi connectivity index (χ1v) is 21.0. The summed E-state index contributed by atoms with van der Waals surface area (Å²) in [6.45, 7) is 15.7. The lowest BCUT2D eigenvalue weighted by Crippen LogP contribution is -2.56. The molecule has 0 saturated heterocycles. The zero-order chi connectivity index (χ0) is 41.1. The van der Waals surface area contributed by atoms with Gasteiger partial charge >= 0.3 is 6.85 Å². The number of fused-ring (bicyclic) bond motifs is 7. The van der Waals surface area contributed by atoms with Crippen LogP contribution in [0.3, 0.4) is 0 Å². The van der Waals surface area contributed by atoms with Crippen molar-refractivity contribution in [2.75, 3.05) is 4.90 Å². The Morgan fingerprint density at radius 3 is 1.77 bits per heavy atom. The normalized spacial score (nSPS) is 12.5. The standard InChI is InChI=1S/C56H44BN3/c1-32-23-34(3)52(35(4)24-32)41-21-22-49-45(27-41)46-28-42(53-36(5)25-33(2)26-37(53)6)29-47-54-38(7)44(40-19-17-39(31-58)18-20-40)30-51-55(54)57(60(49)56(46)47)48-15-11-12-16-50(48)59(51)43-13-9-8-10-14-43/h8-30H,1-7H3. The Bertz CT molecular complexity index is 3300. The fourth-order valence-electron chi connectivity index (χ4n) is 11.2. The molecule has 0 N–H and O–H groups in total. The van der Waals surface area contributed by atoms with Gasteiger partial charge in [-0.15, -0.1) is 0 Å². The van der Waals surface area contributed by atoms with Gasteiger partial charge in [0.2, 0.25) is 0 Å². The number of anilines is 3. The average molecular weight is 770 g/mol. The molecule has 8 aromatic carbocycles. The van der Waals surface area contributed by atoms with E-state index in [1.165, 1.54) is 122 Å². The molecule has 1 aromatic heterocycles. The molecule has 60 heavy (non-hydrogen) atoms. The highest BCUT2D eigenvalue weighted by atomic mass is 15.2. The van der Waals surface area contributed by atoms with Crippen LogP contribution >= 0.6 is 0 Å². The molecule has 0 fully saturated rings. The fourth-order valence-corrected chi connectivity index (χ4v) is 11.2. The number of nitriles is 1. The van der Waals surface area contributed by atoms with Gasteiger partial charge in [0, 0.05) is 44.4 Å². The highest BCUT2D eigenvalue weighted by Gasteiger charge is 2.44. The third-order valence-corrected chi connectivity index (χ3v) is 13.3. The highest BCUT2D eigenvalue weighted by molar-refractivity contribution is 6.90. The number of para-hydroxylation sites is 2. The topological polar surface area (TPSA) is 32.0 Å². The van der Waals surface area contributed by atoms with Crippen molar-refractivity contribution in [2.45, 2.75) is 48.5 Å². The van der Waals surface area contributed by atoms with Gasteiger partial charge in [0.05, 0.1) is 11.6 Å². The predicted molar refractivity (Wildman–Crippen MR) is 254 cm³/mol. The van der Waals surface area contributed by atoms with E-state index in [0.717, 1.165) is 11.3 Å². The van der Waals surface area contributed by atoms with Crippen LogP contribution in [0.1, 0.15) is 44.5 Å². The molecule has 0 saturated carbocycles. The Hall–Kier alpha value is -7.09. The number of rotatable bonds is 4. The van der Waals surface area contributed by atoms with E-state index < -0.39 is 0 Å². The Labute approximate surface area is 352 Å². The molecule has 0 atom stereocenters. The summed E-state index contributed by atoms with van der Waals surface area (Å²) in [7, 11) is 0. The molecular formula is C56H44BN3. The molecule has 3 nitrogen and oxygen atoms in total. The predicted octanol–water partition coefficient (Wildman–Crippen LogP) is 13.2. The van der Waals surface area contributed by atoms with Gasteiger partial charge in [-0.05, 0) is 187 Å². The van der Waals surface area contributed by atoms with E-state index in [-0.39, 0.29) is 6.85 Å². The molecule has 0 unspecified atom stereocenters. The maximum atomic E-state index is 9.76. The van der Waals surface area contributed by atoms with Gasteiger partial charge in [0.25, 0.3) is 0 Å². The molecule has 0 spiro atoms. The van der Waals surface area contributed by atoms with E-state index in [0.29, 0.717) is 5.56 Å². The number of aromatic nitrogens is 1. The summed E-state index contributed by atoms with van der Waals surface area (Å²) in [5, 5.41) is 12.3. The lowest BCUT2D eigenvalue weighted by Gasteiger charge is -2.41. The molecule has 0 radical (unpaired) electrons. The van der Waals surface area contributed by atoms with Crippen LogP contribution in [0.5, 0.6) is 0 Å². The summed E-state index contributed by atoms with van der Waals surface area (Å²) >= 11 is 0. The van der Waals surface area contributed by atoms with E-state index in [1.54, 1.807) is 0 Å². The van der Waals surface area contributed by atoms with Crippen LogP contribution in [0.4, 0.5) is 17.1 Å². The van der Waals surface area contributed by atoms with Crippen molar-refractivity contribution in [3.05, 3.63) is 184 Å². The molecular weight excluding hydrogens is 725 g/mol. The smallest absolute Gasteiger partial charge is 0.333 e. The molecule has 0 bridgehead atoms. The van der Waals surface area contributed by atoms with Crippen LogP contribution in [0.15, 0.2) is 140 Å². The van der Waals surface area contributed by atoms with Crippen LogP contribution in [-0.4, -0.2) is 11.3 Å². The maximum Gasteiger partial charge on any atom is 0.333 e. The van der Waals surface area contributed by atoms with Gasteiger partial charge in [-0.3, -0.25) is 0 Å². The van der Waals surface area contributed by atoms with E-state index >= 15 is 0 Å². The maximum absolute atomic E-state index is 9.76. The fraction of sp³-hybridized carbons (Fsp3) is 0.125. The first-order chi connectivity index (χ1) is 29.1. The molecule has 11 rings (SSSR count). The Balaban J connectivity index is 1.33. The minimum Gasteiger partial charge on any atom is -0.375 e. The van der Waals surface area contributed by atoms with Crippen molar-refractivity contribution in [1.82, 2.24) is 4.48 Å². The van der Waals surface area contributed by atoms with Crippen molar-refractivity contribution in [3.8, 4) is 50.6 Å². The van der Waals surface area contributed by atoms with Crippen molar-refractivity contribution < 1.29 is 0 Å². The third-order valence-electron chi connectivity index (χ3n) is 13.3. The number of nitrogens with zero attached hydrogens (tertiary/aromatic N) is 3. The van der Waals surface area contributed by atoms with Gasteiger partial charge in [0.15, 0.2) is 0 Å². The van der Waals surface area contributed by atoms with Crippen LogP contribution in [0.25, 0.3) is 66.3 Å². The molecule has 9 aromatic rings. The molecule has 3 heterocycles. The van der Waals surface area contributed by atoms with E-state index in [1.807, 2.05) is 12.1 Å². The molecule has 286 valence electrons. The van der Waals surface area contributed by atoms with Crippen LogP contribution in [0.2, 0.25) is 0 Å². The summed E-state index contributed by atoms with van der Waals surface area (Å²) in [5.74, 6) is 0. The second-order valence-corrected chi connectivity index (χ2v) is 17.2. The lowest BCUT2D eigenvalue weighted by atomic mass is 9.44. The monoisotopic (exact) mass is 769 g/mol. The lowest BCUT2D eigenvalue weighted by molar-refractivity contribution is 1.24. The van der Waals surface area contributed by atoms with E-state index in [9.17, 15) is 5.26 Å². The Kier molecular flexibility index (Phi) is 7.94. The van der Waals surface area contributed by atoms with Gasteiger partial charge in [-0.25, -0.2) is 0 Å².